The summed E-state index contributed by atoms with van der Waals surface area (Å²) in [5.74, 6) is -0.310. The van der Waals surface area contributed by atoms with Crippen LogP contribution >= 0.6 is 0 Å². The molecule has 1 aliphatic heterocycles. The van der Waals surface area contributed by atoms with E-state index < -0.39 is 11.7 Å². The van der Waals surface area contributed by atoms with E-state index in [1.165, 1.54) is 0 Å². The van der Waals surface area contributed by atoms with Gasteiger partial charge in [-0.15, -0.1) is 0 Å². The molecule has 0 aromatic rings. The molecule has 0 aromatic heterocycles. The van der Waals surface area contributed by atoms with Gasteiger partial charge in [0.15, 0.2) is 0 Å². The second-order valence-corrected chi connectivity index (χ2v) is 2.95. The molecule has 52 valence electrons. The first-order chi connectivity index (χ1) is 4.02. The number of ether oxygens (including phenoxy) is 1. The molecule has 0 saturated carbocycles. The summed E-state index contributed by atoms with van der Waals surface area (Å²) in [6.45, 7) is 3.51. The van der Waals surface area contributed by atoms with Gasteiger partial charge in [0.1, 0.15) is 0 Å². The number of cyclic esters (lactones) is 1. The van der Waals surface area contributed by atoms with E-state index in [0.717, 1.165) is 0 Å². The summed E-state index contributed by atoms with van der Waals surface area (Å²) < 4.78 is 4.49. The maximum Gasteiger partial charge on any atom is 0.314 e. The standard InChI is InChI=1S/C6H10O3/c1-6(2)3-4(7)9-5(6)8/h4,7H,3H2,1-2H3. The van der Waals surface area contributed by atoms with Crippen molar-refractivity contribution < 1.29 is 14.6 Å². The van der Waals surface area contributed by atoms with E-state index in [-0.39, 0.29) is 5.97 Å². The highest BCUT2D eigenvalue weighted by molar-refractivity contribution is 5.77. The Kier molecular flexibility index (Phi) is 1.24. The molecule has 1 rings (SSSR count). The third-order valence-electron chi connectivity index (χ3n) is 1.48. The zero-order valence-electron chi connectivity index (χ0n) is 5.55. The summed E-state index contributed by atoms with van der Waals surface area (Å²) >= 11 is 0. The lowest BCUT2D eigenvalue weighted by Crippen LogP contribution is -2.16. The van der Waals surface area contributed by atoms with Crippen LogP contribution in [0.2, 0.25) is 0 Å². The van der Waals surface area contributed by atoms with Crippen LogP contribution in [-0.2, 0) is 9.53 Å². The molecule has 0 spiro atoms. The molecule has 1 aliphatic rings. The zero-order valence-corrected chi connectivity index (χ0v) is 5.55. The molecule has 3 heteroatoms. The molecular weight excluding hydrogens is 120 g/mol. The number of aliphatic hydroxyl groups is 1. The molecule has 0 radical (unpaired) electrons. The Hall–Kier alpha value is -0.570. The van der Waals surface area contributed by atoms with Gasteiger partial charge in [-0.25, -0.2) is 0 Å². The highest BCUT2D eigenvalue weighted by Gasteiger charge is 2.40. The predicted molar refractivity (Wildman–Crippen MR) is 30.5 cm³/mol. The van der Waals surface area contributed by atoms with Gasteiger partial charge in [-0.1, -0.05) is 0 Å². The molecule has 1 heterocycles. The maximum absolute atomic E-state index is 10.7. The fourth-order valence-corrected chi connectivity index (χ4v) is 0.845. The van der Waals surface area contributed by atoms with Crippen molar-refractivity contribution in [2.75, 3.05) is 0 Å². The fraction of sp³-hybridized carbons (Fsp3) is 0.833. The smallest absolute Gasteiger partial charge is 0.314 e. The van der Waals surface area contributed by atoms with E-state index >= 15 is 0 Å². The number of hydrogen-bond acceptors (Lipinski definition) is 3. The summed E-state index contributed by atoms with van der Waals surface area (Å²) in [4.78, 5) is 10.7. The first-order valence-corrected chi connectivity index (χ1v) is 2.91. The Labute approximate surface area is 53.6 Å². The molecule has 1 N–H and O–H groups in total. The van der Waals surface area contributed by atoms with Crippen LogP contribution < -0.4 is 0 Å². The SMILES string of the molecule is CC1(C)CC(O)OC1=O. The average Bonchev–Trinajstić information content (AvgIpc) is 1.79. The topological polar surface area (TPSA) is 46.5 Å². The van der Waals surface area contributed by atoms with Crippen molar-refractivity contribution in [2.45, 2.75) is 26.6 Å². The Balaban J connectivity index is 2.70. The maximum atomic E-state index is 10.7. The number of aliphatic hydroxyl groups excluding tert-OH is 1. The van der Waals surface area contributed by atoms with Crippen LogP contribution in [0.1, 0.15) is 20.3 Å². The molecule has 0 aliphatic carbocycles. The minimum absolute atomic E-state index is 0.310. The molecule has 0 bridgehead atoms. The average molecular weight is 130 g/mol. The lowest BCUT2D eigenvalue weighted by atomic mass is 9.92. The Morgan fingerprint density at radius 3 is 2.44 bits per heavy atom. The van der Waals surface area contributed by atoms with Crippen molar-refractivity contribution >= 4 is 5.97 Å². The first kappa shape index (κ1) is 6.55. The van der Waals surface area contributed by atoms with E-state index in [2.05, 4.69) is 4.74 Å². The number of carbonyl (C=O) groups is 1. The van der Waals surface area contributed by atoms with Crippen molar-refractivity contribution in [1.29, 1.82) is 0 Å². The van der Waals surface area contributed by atoms with Gasteiger partial charge < -0.3 is 9.84 Å². The first-order valence-electron chi connectivity index (χ1n) is 2.91. The Bertz CT molecular complexity index is 139. The molecule has 1 unspecified atom stereocenters. The molecule has 1 saturated heterocycles. The van der Waals surface area contributed by atoms with E-state index in [4.69, 9.17) is 5.11 Å². The molecule has 3 nitrogen and oxygen atoms in total. The van der Waals surface area contributed by atoms with Crippen molar-refractivity contribution in [1.82, 2.24) is 0 Å². The predicted octanol–water partition coefficient (Wildman–Crippen LogP) is 0.278. The highest BCUT2D eigenvalue weighted by atomic mass is 16.6. The molecule has 0 amide bonds. The van der Waals surface area contributed by atoms with E-state index in [1.807, 2.05) is 0 Å². The second kappa shape index (κ2) is 1.70. The minimum Gasteiger partial charge on any atom is -0.436 e. The van der Waals surface area contributed by atoms with Crippen LogP contribution in [0.15, 0.2) is 0 Å². The lowest BCUT2D eigenvalue weighted by Gasteiger charge is -2.07. The van der Waals surface area contributed by atoms with Crippen molar-refractivity contribution in [3.8, 4) is 0 Å². The molecule has 0 aromatic carbocycles. The van der Waals surface area contributed by atoms with E-state index in [1.54, 1.807) is 13.8 Å². The highest BCUT2D eigenvalue weighted by Crippen LogP contribution is 2.31. The lowest BCUT2D eigenvalue weighted by molar-refractivity contribution is -0.157. The monoisotopic (exact) mass is 130 g/mol. The van der Waals surface area contributed by atoms with Crippen LogP contribution in [0, 0.1) is 5.41 Å². The quantitative estimate of drug-likeness (QED) is 0.479. The van der Waals surface area contributed by atoms with Gasteiger partial charge >= 0.3 is 5.97 Å². The van der Waals surface area contributed by atoms with Gasteiger partial charge in [0, 0.05) is 6.42 Å². The molecule has 1 fully saturated rings. The van der Waals surface area contributed by atoms with Crippen LogP contribution in [0.4, 0.5) is 0 Å². The van der Waals surface area contributed by atoms with Crippen LogP contribution in [-0.4, -0.2) is 17.4 Å². The van der Waals surface area contributed by atoms with Gasteiger partial charge in [0.05, 0.1) is 5.41 Å². The normalized spacial score (nSPS) is 32.3. The van der Waals surface area contributed by atoms with Crippen molar-refractivity contribution in [3.63, 3.8) is 0 Å². The zero-order chi connectivity index (χ0) is 7.07. The second-order valence-electron chi connectivity index (χ2n) is 2.95. The van der Waals surface area contributed by atoms with Gasteiger partial charge in [-0.05, 0) is 13.8 Å². The fourth-order valence-electron chi connectivity index (χ4n) is 0.845. The number of hydrogen-bond donors (Lipinski definition) is 1. The van der Waals surface area contributed by atoms with Gasteiger partial charge in [0.2, 0.25) is 6.29 Å². The van der Waals surface area contributed by atoms with Crippen molar-refractivity contribution in [3.05, 3.63) is 0 Å². The molecule has 1 atom stereocenters. The van der Waals surface area contributed by atoms with E-state index in [0.29, 0.717) is 6.42 Å². The van der Waals surface area contributed by atoms with Crippen molar-refractivity contribution in [2.24, 2.45) is 5.41 Å². The van der Waals surface area contributed by atoms with Gasteiger partial charge in [-0.3, -0.25) is 4.79 Å². The third-order valence-corrected chi connectivity index (χ3v) is 1.48. The number of esters is 1. The van der Waals surface area contributed by atoms with Crippen LogP contribution in [0.3, 0.4) is 0 Å². The summed E-state index contributed by atoms with van der Waals surface area (Å²) in [6, 6.07) is 0. The Morgan fingerprint density at radius 2 is 2.33 bits per heavy atom. The van der Waals surface area contributed by atoms with E-state index in [9.17, 15) is 4.79 Å². The summed E-state index contributed by atoms with van der Waals surface area (Å²) in [6.07, 6.45) is -0.473. The Morgan fingerprint density at radius 1 is 1.78 bits per heavy atom. The van der Waals surface area contributed by atoms with Crippen LogP contribution in [0.25, 0.3) is 0 Å². The number of rotatable bonds is 0. The third kappa shape index (κ3) is 1.05. The molecular formula is C6H10O3. The summed E-state index contributed by atoms with van der Waals surface area (Å²) in [5.41, 5.74) is -0.487. The van der Waals surface area contributed by atoms with Crippen LogP contribution in [0.5, 0.6) is 0 Å². The minimum atomic E-state index is -0.882. The molecule has 9 heavy (non-hydrogen) atoms. The summed E-state index contributed by atoms with van der Waals surface area (Å²) in [5, 5.41) is 8.79. The van der Waals surface area contributed by atoms with Gasteiger partial charge in [0.25, 0.3) is 0 Å². The summed E-state index contributed by atoms with van der Waals surface area (Å²) in [7, 11) is 0. The number of carbonyl (C=O) groups excluding carboxylic acids is 1. The van der Waals surface area contributed by atoms with Gasteiger partial charge in [-0.2, -0.15) is 0 Å². The largest absolute Gasteiger partial charge is 0.436 e.